The molecule has 1 aromatic heterocycles. The lowest BCUT2D eigenvalue weighted by Crippen LogP contribution is -2.62. The molecule has 2 aliphatic heterocycles. The Balaban J connectivity index is 1.17. The van der Waals surface area contributed by atoms with Crippen LogP contribution in [0.15, 0.2) is 22.6 Å². The van der Waals surface area contributed by atoms with E-state index >= 15 is 0 Å². The van der Waals surface area contributed by atoms with Crippen molar-refractivity contribution in [2.45, 2.75) is 74.5 Å². The molecule has 1 amide bonds. The third kappa shape index (κ3) is 2.44. The van der Waals surface area contributed by atoms with E-state index in [9.17, 15) is 4.79 Å². The second-order valence-electron chi connectivity index (χ2n) is 10.8. The Hall–Kier alpha value is -2.12. The van der Waals surface area contributed by atoms with E-state index in [2.05, 4.69) is 27.5 Å². The summed E-state index contributed by atoms with van der Waals surface area (Å²) in [5, 5.41) is 6.96. The first kappa shape index (κ1) is 19.4. The molecule has 5 fully saturated rings. The van der Waals surface area contributed by atoms with Gasteiger partial charge >= 0.3 is 0 Å². The van der Waals surface area contributed by atoms with E-state index < -0.39 is 0 Å². The quantitative estimate of drug-likeness (QED) is 0.723. The number of likely N-dealkylation sites (tertiary alicyclic amines) is 1. The van der Waals surface area contributed by atoms with E-state index in [1.807, 2.05) is 18.2 Å². The van der Waals surface area contributed by atoms with Crippen molar-refractivity contribution < 1.29 is 9.21 Å². The van der Waals surface area contributed by atoms with E-state index in [-0.39, 0.29) is 23.0 Å². The van der Waals surface area contributed by atoms with Crippen molar-refractivity contribution in [1.82, 2.24) is 20.5 Å². The summed E-state index contributed by atoms with van der Waals surface area (Å²) in [6, 6.07) is 7.35. The zero-order chi connectivity index (χ0) is 21.5. The minimum absolute atomic E-state index is 0.00575. The maximum absolute atomic E-state index is 13.4. The first-order valence-corrected chi connectivity index (χ1v) is 12.6. The third-order valence-corrected chi connectivity index (χ3v) is 9.57. The number of fused-ring (bicyclic) bond motifs is 1. The Morgan fingerprint density at radius 3 is 2.97 bits per heavy atom. The molecule has 7 heteroatoms. The highest BCUT2D eigenvalue weighted by Crippen LogP contribution is 2.63. The van der Waals surface area contributed by atoms with Gasteiger partial charge in [0.15, 0.2) is 5.58 Å². The molecule has 7 nitrogen and oxygen atoms in total. The van der Waals surface area contributed by atoms with Crippen LogP contribution < -0.4 is 15.5 Å². The number of anilines is 1. The Bertz CT molecular complexity index is 1070. The Morgan fingerprint density at radius 2 is 2.12 bits per heavy atom. The largest absolute Gasteiger partial charge is 0.423 e. The number of benzene rings is 1. The second kappa shape index (κ2) is 6.70. The lowest BCUT2D eigenvalue weighted by molar-refractivity contribution is 0.0660. The van der Waals surface area contributed by atoms with Gasteiger partial charge in [-0.1, -0.05) is 25.3 Å². The molecule has 7 rings (SSSR count). The first-order valence-electron chi connectivity index (χ1n) is 12.6. The van der Waals surface area contributed by atoms with Gasteiger partial charge in [-0.05, 0) is 57.2 Å². The monoisotopic (exact) mass is 435 g/mol. The van der Waals surface area contributed by atoms with Crippen molar-refractivity contribution in [3.8, 4) is 0 Å². The summed E-state index contributed by atoms with van der Waals surface area (Å²) in [6.45, 7) is 2.82. The van der Waals surface area contributed by atoms with Gasteiger partial charge in [0.25, 0.3) is 11.9 Å². The van der Waals surface area contributed by atoms with Crippen LogP contribution in [-0.4, -0.2) is 65.6 Å². The van der Waals surface area contributed by atoms with Crippen molar-refractivity contribution in [3.63, 3.8) is 0 Å². The maximum Gasteiger partial charge on any atom is 0.298 e. The van der Waals surface area contributed by atoms with Gasteiger partial charge in [-0.25, -0.2) is 0 Å². The molecule has 3 heterocycles. The van der Waals surface area contributed by atoms with Gasteiger partial charge in [0.1, 0.15) is 5.52 Å². The SMILES string of the molecule is CN1C2CCCC3CC(NC(=O)c4cccc5oc(N6CCNCC67CCCC7)nc45)C321. The zero-order valence-electron chi connectivity index (χ0n) is 18.9. The normalized spacial score (nSPS) is 37.1. The van der Waals surface area contributed by atoms with Gasteiger partial charge < -0.3 is 20.0 Å². The number of para-hydroxylation sites is 1. The van der Waals surface area contributed by atoms with E-state index in [1.165, 1.54) is 44.9 Å². The highest BCUT2D eigenvalue weighted by Gasteiger charge is 2.75. The number of likely N-dealkylation sites (N-methyl/N-ethyl adjacent to an activating group) is 1. The number of oxazole rings is 1. The molecule has 5 aliphatic rings. The van der Waals surface area contributed by atoms with Crippen LogP contribution in [-0.2, 0) is 0 Å². The molecule has 0 bridgehead atoms. The fraction of sp³-hybridized carbons (Fsp3) is 0.680. The van der Waals surface area contributed by atoms with Gasteiger partial charge in [-0.2, -0.15) is 4.98 Å². The number of aromatic nitrogens is 1. The standard InChI is InChI=1S/C25H33N5O2/c1-29-20-9-4-6-16-14-19(25(16,20)29)27-22(31)17-7-5-8-18-21(17)28-23(32-18)30-13-12-26-15-24(30)10-2-3-11-24/h5,7-8,16,19-20,26H,2-4,6,9-15H2,1H3,(H,27,31). The summed E-state index contributed by atoms with van der Waals surface area (Å²) in [5.74, 6) is 0.745. The lowest BCUT2D eigenvalue weighted by atomic mass is 9.61. The smallest absolute Gasteiger partial charge is 0.298 e. The minimum Gasteiger partial charge on any atom is -0.423 e. The molecule has 0 radical (unpaired) electrons. The van der Waals surface area contributed by atoms with Crippen molar-refractivity contribution in [3.05, 3.63) is 23.8 Å². The van der Waals surface area contributed by atoms with Gasteiger partial charge in [0, 0.05) is 31.7 Å². The van der Waals surface area contributed by atoms with Gasteiger partial charge in [-0.15, -0.1) is 0 Å². The Morgan fingerprint density at radius 1 is 1.25 bits per heavy atom. The number of carbonyl (C=O) groups is 1. The van der Waals surface area contributed by atoms with Crippen molar-refractivity contribution in [2.24, 2.45) is 5.92 Å². The summed E-state index contributed by atoms with van der Waals surface area (Å²) < 4.78 is 6.26. The number of hydrogen-bond donors (Lipinski definition) is 2. The molecule has 2 aromatic rings. The molecule has 2 saturated heterocycles. The predicted molar refractivity (Wildman–Crippen MR) is 123 cm³/mol. The summed E-state index contributed by atoms with van der Waals surface area (Å²) in [7, 11) is 2.23. The predicted octanol–water partition coefficient (Wildman–Crippen LogP) is 2.91. The molecule has 2 N–H and O–H groups in total. The van der Waals surface area contributed by atoms with Gasteiger partial charge in [0.2, 0.25) is 0 Å². The van der Waals surface area contributed by atoms with Crippen LogP contribution in [0.4, 0.5) is 6.01 Å². The highest BCUT2D eigenvalue weighted by atomic mass is 16.4. The summed E-state index contributed by atoms with van der Waals surface area (Å²) >= 11 is 0. The number of hydrogen-bond acceptors (Lipinski definition) is 6. The van der Waals surface area contributed by atoms with Gasteiger partial charge in [-0.3, -0.25) is 9.69 Å². The number of amides is 1. The van der Waals surface area contributed by atoms with Crippen LogP contribution in [0, 0.1) is 5.92 Å². The van der Waals surface area contributed by atoms with Crippen molar-refractivity contribution in [2.75, 3.05) is 31.6 Å². The average Bonchev–Trinajstić information content (AvgIpc) is 3.12. The van der Waals surface area contributed by atoms with Crippen LogP contribution in [0.1, 0.15) is 61.7 Å². The molecular formula is C25H33N5O2. The molecule has 32 heavy (non-hydrogen) atoms. The number of nitrogens with one attached hydrogen (secondary N) is 2. The summed E-state index contributed by atoms with van der Waals surface area (Å²) in [4.78, 5) is 23.2. The molecule has 3 aliphatic carbocycles. The summed E-state index contributed by atoms with van der Waals surface area (Å²) in [5.41, 5.74) is 2.39. The van der Waals surface area contributed by atoms with Crippen LogP contribution in [0.2, 0.25) is 0 Å². The van der Waals surface area contributed by atoms with E-state index in [0.29, 0.717) is 28.7 Å². The van der Waals surface area contributed by atoms with E-state index in [0.717, 1.165) is 32.0 Å². The lowest BCUT2D eigenvalue weighted by Gasteiger charge is -2.48. The maximum atomic E-state index is 13.4. The number of carbonyl (C=O) groups excluding carboxylic acids is 1. The third-order valence-electron chi connectivity index (χ3n) is 9.57. The fourth-order valence-corrected chi connectivity index (χ4v) is 7.96. The Kier molecular flexibility index (Phi) is 4.05. The van der Waals surface area contributed by atoms with Crippen LogP contribution in [0.25, 0.3) is 11.1 Å². The number of piperazine rings is 1. The minimum atomic E-state index is -0.00575. The van der Waals surface area contributed by atoms with Crippen molar-refractivity contribution >= 4 is 23.0 Å². The highest BCUT2D eigenvalue weighted by molar-refractivity contribution is 6.05. The molecule has 2 spiro atoms. The van der Waals surface area contributed by atoms with Crippen LogP contribution in [0.5, 0.6) is 0 Å². The fourth-order valence-electron chi connectivity index (χ4n) is 7.96. The summed E-state index contributed by atoms with van der Waals surface area (Å²) in [6.07, 6.45) is 9.87. The molecule has 1 aromatic carbocycles. The zero-order valence-corrected chi connectivity index (χ0v) is 18.9. The van der Waals surface area contributed by atoms with E-state index in [4.69, 9.17) is 9.40 Å². The van der Waals surface area contributed by atoms with E-state index in [1.54, 1.807) is 0 Å². The topological polar surface area (TPSA) is 73.4 Å². The number of rotatable bonds is 3. The average molecular weight is 436 g/mol. The Labute approximate surface area is 188 Å². The molecule has 5 atom stereocenters. The van der Waals surface area contributed by atoms with Crippen molar-refractivity contribution in [1.29, 1.82) is 0 Å². The molecule has 170 valence electrons. The number of nitrogens with zero attached hydrogens (tertiary/aromatic N) is 3. The molecule has 5 unspecified atom stereocenters. The second-order valence-corrected chi connectivity index (χ2v) is 10.8. The molecule has 3 saturated carbocycles. The van der Waals surface area contributed by atoms with Crippen LogP contribution >= 0.6 is 0 Å². The first-order chi connectivity index (χ1) is 15.6. The van der Waals surface area contributed by atoms with Crippen LogP contribution in [0.3, 0.4) is 0 Å². The molecular weight excluding hydrogens is 402 g/mol. The van der Waals surface area contributed by atoms with Gasteiger partial charge in [0.05, 0.1) is 16.6 Å².